The molecular formula is C13H24F3NO. The van der Waals surface area contributed by atoms with Gasteiger partial charge in [-0.1, -0.05) is 20.8 Å². The second-order valence-corrected chi connectivity index (χ2v) is 6.08. The van der Waals surface area contributed by atoms with Crippen LogP contribution in [0.15, 0.2) is 0 Å². The average Bonchev–Trinajstić information content (AvgIpc) is 2.43. The minimum Gasteiger partial charge on any atom is -0.392 e. The Morgan fingerprint density at radius 2 is 1.94 bits per heavy atom. The molecule has 0 aromatic carbocycles. The van der Waals surface area contributed by atoms with Gasteiger partial charge in [-0.05, 0) is 37.1 Å². The van der Waals surface area contributed by atoms with E-state index in [2.05, 4.69) is 0 Å². The molecular weight excluding hydrogens is 243 g/mol. The average molecular weight is 267 g/mol. The highest BCUT2D eigenvalue weighted by molar-refractivity contribution is 4.92. The van der Waals surface area contributed by atoms with Crippen LogP contribution in [0.25, 0.3) is 0 Å². The predicted octanol–water partition coefficient (Wildman–Crippen LogP) is 3.06. The lowest BCUT2D eigenvalue weighted by Gasteiger charge is -2.30. The lowest BCUT2D eigenvalue weighted by atomic mass is 9.87. The highest BCUT2D eigenvalue weighted by Crippen LogP contribution is 2.41. The molecule has 1 aliphatic rings. The van der Waals surface area contributed by atoms with Crippen molar-refractivity contribution < 1.29 is 18.3 Å². The van der Waals surface area contributed by atoms with Crippen LogP contribution in [0.1, 0.15) is 40.0 Å². The summed E-state index contributed by atoms with van der Waals surface area (Å²) in [5, 5.41) is 10.1. The summed E-state index contributed by atoms with van der Waals surface area (Å²) in [5.41, 5.74) is -0.166. The standard InChI is InChI=1S/C13H24F3NO/c1-4-7-17(9-13(14,15)16)8-10-5-6-12(2,3)11(10)18/h10-11,18H,4-9H2,1-3H3. The number of aliphatic hydroxyl groups is 1. The van der Waals surface area contributed by atoms with Gasteiger partial charge in [-0.2, -0.15) is 13.2 Å². The van der Waals surface area contributed by atoms with Crippen LogP contribution in [-0.2, 0) is 0 Å². The van der Waals surface area contributed by atoms with Crippen molar-refractivity contribution >= 4 is 0 Å². The van der Waals surface area contributed by atoms with Crippen molar-refractivity contribution in [1.29, 1.82) is 0 Å². The number of aliphatic hydroxyl groups excluding tert-OH is 1. The quantitative estimate of drug-likeness (QED) is 0.827. The Hall–Kier alpha value is -0.290. The molecule has 5 heteroatoms. The summed E-state index contributed by atoms with van der Waals surface area (Å²) in [6.45, 7) is 5.74. The molecule has 1 saturated carbocycles. The van der Waals surface area contributed by atoms with Crippen LogP contribution in [0.3, 0.4) is 0 Å². The molecule has 0 radical (unpaired) electrons. The van der Waals surface area contributed by atoms with Crippen LogP contribution in [0, 0.1) is 11.3 Å². The Labute approximate surface area is 107 Å². The zero-order valence-electron chi connectivity index (χ0n) is 11.4. The van der Waals surface area contributed by atoms with Crippen molar-refractivity contribution in [3.8, 4) is 0 Å². The van der Waals surface area contributed by atoms with Crippen molar-refractivity contribution in [2.24, 2.45) is 11.3 Å². The second kappa shape index (κ2) is 5.78. The van der Waals surface area contributed by atoms with Gasteiger partial charge in [0, 0.05) is 6.54 Å². The van der Waals surface area contributed by atoms with Crippen LogP contribution in [0.5, 0.6) is 0 Å². The molecule has 0 heterocycles. The molecule has 1 aliphatic carbocycles. The zero-order valence-corrected chi connectivity index (χ0v) is 11.4. The Morgan fingerprint density at radius 1 is 1.33 bits per heavy atom. The first kappa shape index (κ1) is 15.8. The molecule has 18 heavy (non-hydrogen) atoms. The van der Waals surface area contributed by atoms with E-state index in [4.69, 9.17) is 0 Å². The molecule has 0 aromatic rings. The van der Waals surface area contributed by atoms with E-state index < -0.39 is 18.8 Å². The van der Waals surface area contributed by atoms with E-state index in [1.54, 1.807) is 0 Å². The third kappa shape index (κ3) is 4.43. The van der Waals surface area contributed by atoms with E-state index in [9.17, 15) is 18.3 Å². The zero-order chi connectivity index (χ0) is 14.0. The normalized spacial score (nSPS) is 28.0. The molecule has 2 nitrogen and oxygen atoms in total. The van der Waals surface area contributed by atoms with Gasteiger partial charge in [-0.3, -0.25) is 4.90 Å². The van der Waals surface area contributed by atoms with Crippen LogP contribution in [0.2, 0.25) is 0 Å². The molecule has 1 fully saturated rings. The minimum atomic E-state index is -4.16. The summed E-state index contributed by atoms with van der Waals surface area (Å²) < 4.78 is 37.3. The highest BCUT2D eigenvalue weighted by Gasteiger charge is 2.42. The largest absolute Gasteiger partial charge is 0.401 e. The topological polar surface area (TPSA) is 23.5 Å². The molecule has 0 spiro atoms. The summed E-state index contributed by atoms with van der Waals surface area (Å²) >= 11 is 0. The number of alkyl halides is 3. The maximum Gasteiger partial charge on any atom is 0.401 e. The molecule has 2 unspecified atom stereocenters. The van der Waals surface area contributed by atoms with Gasteiger partial charge in [0.15, 0.2) is 0 Å². The third-order valence-electron chi connectivity index (χ3n) is 3.84. The van der Waals surface area contributed by atoms with Crippen LogP contribution < -0.4 is 0 Å². The molecule has 1 N–H and O–H groups in total. The number of nitrogens with zero attached hydrogens (tertiary/aromatic N) is 1. The van der Waals surface area contributed by atoms with Crippen molar-refractivity contribution in [2.75, 3.05) is 19.6 Å². The van der Waals surface area contributed by atoms with Crippen LogP contribution in [-0.4, -0.2) is 41.9 Å². The fraction of sp³-hybridized carbons (Fsp3) is 1.00. The molecule has 0 aromatic heterocycles. The molecule has 108 valence electrons. The Balaban J connectivity index is 2.57. The smallest absolute Gasteiger partial charge is 0.392 e. The van der Waals surface area contributed by atoms with Gasteiger partial charge in [0.05, 0.1) is 12.6 Å². The number of rotatable bonds is 5. The molecule has 0 bridgehead atoms. The van der Waals surface area contributed by atoms with E-state index in [0.717, 1.165) is 12.8 Å². The number of halogens is 3. The fourth-order valence-corrected chi connectivity index (χ4v) is 2.83. The summed E-state index contributed by atoms with van der Waals surface area (Å²) in [6, 6.07) is 0. The van der Waals surface area contributed by atoms with Gasteiger partial charge in [0.2, 0.25) is 0 Å². The molecule has 1 rings (SSSR count). The third-order valence-corrected chi connectivity index (χ3v) is 3.84. The van der Waals surface area contributed by atoms with Crippen LogP contribution in [0.4, 0.5) is 13.2 Å². The SMILES string of the molecule is CCCN(CC1CCC(C)(C)C1O)CC(F)(F)F. The van der Waals surface area contributed by atoms with Crippen molar-refractivity contribution in [1.82, 2.24) is 4.90 Å². The van der Waals surface area contributed by atoms with E-state index >= 15 is 0 Å². The summed E-state index contributed by atoms with van der Waals surface area (Å²) in [6.07, 6.45) is -2.27. The Morgan fingerprint density at radius 3 is 2.33 bits per heavy atom. The van der Waals surface area contributed by atoms with E-state index in [1.165, 1.54) is 4.90 Å². The first-order valence-electron chi connectivity index (χ1n) is 6.63. The summed E-state index contributed by atoms with van der Waals surface area (Å²) in [4.78, 5) is 1.43. The Bertz CT molecular complexity index is 265. The Kier molecular flexibility index (Phi) is 5.06. The summed E-state index contributed by atoms with van der Waals surface area (Å²) in [5.74, 6) is -0.0334. The van der Waals surface area contributed by atoms with Crippen molar-refractivity contribution in [2.45, 2.75) is 52.3 Å². The van der Waals surface area contributed by atoms with Gasteiger partial charge >= 0.3 is 6.18 Å². The first-order chi connectivity index (χ1) is 8.15. The van der Waals surface area contributed by atoms with Gasteiger partial charge in [-0.15, -0.1) is 0 Å². The maximum absolute atomic E-state index is 12.4. The van der Waals surface area contributed by atoms with Gasteiger partial charge in [0.1, 0.15) is 0 Å². The van der Waals surface area contributed by atoms with Gasteiger partial charge in [-0.25, -0.2) is 0 Å². The highest BCUT2D eigenvalue weighted by atomic mass is 19.4. The van der Waals surface area contributed by atoms with E-state index in [1.807, 2.05) is 20.8 Å². The number of hydrogen-bond acceptors (Lipinski definition) is 2. The van der Waals surface area contributed by atoms with E-state index in [0.29, 0.717) is 19.5 Å². The maximum atomic E-state index is 12.4. The van der Waals surface area contributed by atoms with Gasteiger partial charge in [0.25, 0.3) is 0 Å². The summed E-state index contributed by atoms with van der Waals surface area (Å²) in [7, 11) is 0. The minimum absolute atomic E-state index is 0.0334. The lowest BCUT2D eigenvalue weighted by Crippen LogP contribution is -2.41. The van der Waals surface area contributed by atoms with Crippen molar-refractivity contribution in [3.05, 3.63) is 0 Å². The second-order valence-electron chi connectivity index (χ2n) is 6.08. The molecule has 0 aliphatic heterocycles. The first-order valence-corrected chi connectivity index (χ1v) is 6.63. The van der Waals surface area contributed by atoms with Gasteiger partial charge < -0.3 is 5.11 Å². The van der Waals surface area contributed by atoms with Crippen molar-refractivity contribution in [3.63, 3.8) is 0 Å². The monoisotopic (exact) mass is 267 g/mol. The molecule has 0 amide bonds. The fourth-order valence-electron chi connectivity index (χ4n) is 2.83. The van der Waals surface area contributed by atoms with Crippen LogP contribution >= 0.6 is 0 Å². The number of hydrogen-bond donors (Lipinski definition) is 1. The lowest BCUT2D eigenvalue weighted by molar-refractivity contribution is -0.148. The predicted molar refractivity (Wildman–Crippen MR) is 65.3 cm³/mol. The van der Waals surface area contributed by atoms with E-state index in [-0.39, 0.29) is 11.3 Å². The molecule has 2 atom stereocenters. The molecule has 0 saturated heterocycles.